The number of likely N-dealkylation sites (tertiary alicyclic amines) is 1. The number of rotatable bonds is 2. The Labute approximate surface area is 123 Å². The molecule has 3 nitrogen and oxygen atoms in total. The van der Waals surface area contributed by atoms with Crippen molar-refractivity contribution in [1.29, 1.82) is 0 Å². The average Bonchev–Trinajstić information content (AvgIpc) is 2.73. The predicted molar refractivity (Wildman–Crippen MR) is 78.2 cm³/mol. The maximum absolute atomic E-state index is 12.4. The second-order valence-corrected chi connectivity index (χ2v) is 6.15. The smallest absolute Gasteiger partial charge is 0.254 e. The Morgan fingerprint density at radius 2 is 2.28 bits per heavy atom. The number of phenols is 1. The summed E-state index contributed by atoms with van der Waals surface area (Å²) in [5.74, 6) is 0.604. The number of phenolic OH excluding ortho intramolecular Hbond substituents is 1. The molecule has 98 valence electrons. The molecule has 1 N–H and O–H groups in total. The van der Waals surface area contributed by atoms with E-state index < -0.39 is 0 Å². The van der Waals surface area contributed by atoms with Crippen molar-refractivity contribution in [1.82, 2.24) is 4.90 Å². The number of halogens is 2. The van der Waals surface area contributed by atoms with E-state index in [0.717, 1.165) is 18.3 Å². The molecule has 1 saturated heterocycles. The van der Waals surface area contributed by atoms with Gasteiger partial charge in [0.1, 0.15) is 5.75 Å². The fourth-order valence-electron chi connectivity index (χ4n) is 2.31. The van der Waals surface area contributed by atoms with Crippen molar-refractivity contribution < 1.29 is 9.90 Å². The Morgan fingerprint density at radius 1 is 1.56 bits per heavy atom. The van der Waals surface area contributed by atoms with E-state index in [0.29, 0.717) is 16.0 Å². The maximum Gasteiger partial charge on any atom is 0.254 e. The van der Waals surface area contributed by atoms with Crippen LogP contribution in [0.5, 0.6) is 5.75 Å². The molecule has 0 aliphatic carbocycles. The standard InChI is InChI=1S/C13H15Br2NO2/c1-8-4-5-16(11(8)7-14)13(18)9-2-3-10(15)12(17)6-9/h2-3,6,8,11,17H,4-5,7H2,1H3. The van der Waals surface area contributed by atoms with Crippen LogP contribution in [0.25, 0.3) is 0 Å². The van der Waals surface area contributed by atoms with Crippen molar-refractivity contribution in [2.24, 2.45) is 5.92 Å². The molecule has 1 aliphatic rings. The molecule has 0 aromatic heterocycles. The minimum absolute atomic E-state index is 0.00778. The van der Waals surface area contributed by atoms with Crippen molar-refractivity contribution in [2.75, 3.05) is 11.9 Å². The van der Waals surface area contributed by atoms with E-state index >= 15 is 0 Å². The van der Waals surface area contributed by atoms with Gasteiger partial charge in [-0.1, -0.05) is 22.9 Å². The zero-order valence-corrected chi connectivity index (χ0v) is 13.2. The first-order valence-electron chi connectivity index (χ1n) is 5.90. The largest absolute Gasteiger partial charge is 0.507 e. The van der Waals surface area contributed by atoms with E-state index in [1.807, 2.05) is 4.90 Å². The molecule has 2 atom stereocenters. The molecular formula is C13H15Br2NO2. The normalized spacial score (nSPS) is 23.4. The summed E-state index contributed by atoms with van der Waals surface area (Å²) in [4.78, 5) is 14.3. The highest BCUT2D eigenvalue weighted by Gasteiger charge is 2.34. The summed E-state index contributed by atoms with van der Waals surface area (Å²) in [5.41, 5.74) is 0.538. The molecule has 2 unspecified atom stereocenters. The average molecular weight is 377 g/mol. The topological polar surface area (TPSA) is 40.5 Å². The minimum atomic E-state index is -0.00778. The number of carbonyl (C=O) groups is 1. The summed E-state index contributed by atoms with van der Waals surface area (Å²) in [6.45, 7) is 2.95. The lowest BCUT2D eigenvalue weighted by Crippen LogP contribution is -2.38. The lowest BCUT2D eigenvalue weighted by molar-refractivity contribution is 0.0738. The van der Waals surface area contributed by atoms with Gasteiger partial charge in [-0.25, -0.2) is 0 Å². The van der Waals surface area contributed by atoms with E-state index in [9.17, 15) is 9.90 Å². The monoisotopic (exact) mass is 375 g/mol. The van der Waals surface area contributed by atoms with Gasteiger partial charge in [-0.15, -0.1) is 0 Å². The molecule has 1 aromatic carbocycles. The molecule has 1 fully saturated rings. The Balaban J connectivity index is 2.23. The molecule has 1 heterocycles. The summed E-state index contributed by atoms with van der Waals surface area (Å²) in [5, 5.41) is 10.4. The molecule has 1 amide bonds. The van der Waals surface area contributed by atoms with Crippen LogP contribution in [0.2, 0.25) is 0 Å². The number of aromatic hydroxyl groups is 1. The van der Waals surface area contributed by atoms with Crippen LogP contribution in [-0.4, -0.2) is 33.8 Å². The highest BCUT2D eigenvalue weighted by molar-refractivity contribution is 9.10. The van der Waals surface area contributed by atoms with Gasteiger partial charge in [0.2, 0.25) is 0 Å². The number of nitrogens with zero attached hydrogens (tertiary/aromatic N) is 1. The fraction of sp³-hybridized carbons (Fsp3) is 0.462. The number of hydrogen-bond donors (Lipinski definition) is 1. The lowest BCUT2D eigenvalue weighted by atomic mass is 10.0. The SMILES string of the molecule is CC1CCN(C(=O)c2ccc(Br)c(O)c2)C1CBr. The summed E-state index contributed by atoms with van der Waals surface area (Å²) < 4.78 is 0.603. The first kappa shape index (κ1) is 13.9. The van der Waals surface area contributed by atoms with Gasteiger partial charge < -0.3 is 10.0 Å². The molecule has 1 aromatic rings. The Bertz CT molecular complexity index is 464. The molecule has 0 bridgehead atoms. The second-order valence-electron chi connectivity index (χ2n) is 4.65. The Hall–Kier alpha value is -0.550. The zero-order valence-electron chi connectivity index (χ0n) is 10.1. The molecule has 5 heteroatoms. The van der Waals surface area contributed by atoms with E-state index in [-0.39, 0.29) is 17.7 Å². The third-order valence-corrected chi connectivity index (χ3v) is 4.83. The van der Waals surface area contributed by atoms with Crippen LogP contribution in [0.3, 0.4) is 0 Å². The number of benzene rings is 1. The Kier molecular flexibility index (Phi) is 4.33. The van der Waals surface area contributed by atoms with Crippen LogP contribution in [-0.2, 0) is 0 Å². The van der Waals surface area contributed by atoms with Gasteiger partial charge >= 0.3 is 0 Å². The summed E-state index contributed by atoms with van der Waals surface area (Å²) in [6, 6.07) is 5.19. The van der Waals surface area contributed by atoms with Crippen molar-refractivity contribution in [2.45, 2.75) is 19.4 Å². The van der Waals surface area contributed by atoms with E-state index in [4.69, 9.17) is 0 Å². The van der Waals surface area contributed by atoms with Crippen LogP contribution < -0.4 is 0 Å². The summed E-state index contributed by atoms with van der Waals surface area (Å²) in [7, 11) is 0. The quantitative estimate of drug-likeness (QED) is 0.803. The number of hydrogen-bond acceptors (Lipinski definition) is 2. The third kappa shape index (κ3) is 2.57. The van der Waals surface area contributed by atoms with Crippen molar-refractivity contribution in [3.05, 3.63) is 28.2 Å². The highest BCUT2D eigenvalue weighted by Crippen LogP contribution is 2.29. The minimum Gasteiger partial charge on any atom is -0.507 e. The molecule has 18 heavy (non-hydrogen) atoms. The molecule has 0 saturated carbocycles. The van der Waals surface area contributed by atoms with Gasteiger partial charge in [-0.05, 0) is 46.5 Å². The first-order valence-corrected chi connectivity index (χ1v) is 7.81. The van der Waals surface area contributed by atoms with Gasteiger partial charge in [0.25, 0.3) is 5.91 Å². The van der Waals surface area contributed by atoms with E-state index in [2.05, 4.69) is 38.8 Å². The summed E-state index contributed by atoms with van der Waals surface area (Å²) >= 11 is 6.69. The van der Waals surface area contributed by atoms with Crippen LogP contribution in [0.1, 0.15) is 23.7 Å². The Morgan fingerprint density at radius 3 is 2.89 bits per heavy atom. The number of amides is 1. The predicted octanol–water partition coefficient (Wildman–Crippen LogP) is 3.40. The van der Waals surface area contributed by atoms with Gasteiger partial charge in [-0.2, -0.15) is 0 Å². The highest BCUT2D eigenvalue weighted by atomic mass is 79.9. The lowest BCUT2D eigenvalue weighted by Gasteiger charge is -2.25. The van der Waals surface area contributed by atoms with Gasteiger partial charge in [-0.3, -0.25) is 4.79 Å². The van der Waals surface area contributed by atoms with Gasteiger partial charge in [0.15, 0.2) is 0 Å². The van der Waals surface area contributed by atoms with Crippen LogP contribution in [0.4, 0.5) is 0 Å². The van der Waals surface area contributed by atoms with Gasteiger partial charge in [0.05, 0.1) is 4.47 Å². The first-order chi connectivity index (χ1) is 8.54. The third-order valence-electron chi connectivity index (χ3n) is 3.49. The van der Waals surface area contributed by atoms with Gasteiger partial charge in [0, 0.05) is 23.5 Å². The van der Waals surface area contributed by atoms with Crippen molar-refractivity contribution in [3.63, 3.8) is 0 Å². The molecular weight excluding hydrogens is 362 g/mol. The molecule has 0 radical (unpaired) electrons. The van der Waals surface area contributed by atoms with Crippen LogP contribution >= 0.6 is 31.9 Å². The van der Waals surface area contributed by atoms with Crippen molar-refractivity contribution in [3.8, 4) is 5.75 Å². The fourth-order valence-corrected chi connectivity index (χ4v) is 3.54. The van der Waals surface area contributed by atoms with Crippen LogP contribution in [0, 0.1) is 5.92 Å². The molecule has 1 aliphatic heterocycles. The number of carbonyl (C=O) groups excluding carboxylic acids is 1. The molecule has 2 rings (SSSR count). The van der Waals surface area contributed by atoms with Crippen molar-refractivity contribution >= 4 is 37.8 Å². The zero-order chi connectivity index (χ0) is 13.3. The molecule has 0 spiro atoms. The van der Waals surface area contributed by atoms with E-state index in [1.54, 1.807) is 12.1 Å². The van der Waals surface area contributed by atoms with Crippen LogP contribution in [0.15, 0.2) is 22.7 Å². The second kappa shape index (κ2) is 5.61. The number of alkyl halides is 1. The maximum atomic E-state index is 12.4. The van der Waals surface area contributed by atoms with E-state index in [1.165, 1.54) is 6.07 Å². The summed E-state index contributed by atoms with van der Waals surface area (Å²) in [6.07, 6.45) is 1.03.